The van der Waals surface area contributed by atoms with E-state index in [9.17, 15) is 4.79 Å². The van der Waals surface area contributed by atoms with Gasteiger partial charge in [0.2, 0.25) is 5.91 Å². The second kappa shape index (κ2) is 7.88. The highest BCUT2D eigenvalue weighted by atomic mass is 35.5. The lowest BCUT2D eigenvalue weighted by molar-refractivity contribution is -0.117. The normalized spacial score (nSPS) is 22.0. The number of fused-ring (bicyclic) bond motifs is 1. The molecule has 1 aromatic rings. The number of nitrogens with one attached hydrogen (secondary N) is 2. The maximum atomic E-state index is 12.3. The van der Waals surface area contributed by atoms with Crippen molar-refractivity contribution in [1.29, 1.82) is 0 Å². The molecule has 1 aromatic carbocycles. The van der Waals surface area contributed by atoms with E-state index in [1.165, 1.54) is 0 Å². The molecule has 2 unspecified atom stereocenters. The van der Waals surface area contributed by atoms with Gasteiger partial charge in [-0.1, -0.05) is 0 Å². The molecule has 2 aliphatic heterocycles. The first kappa shape index (κ1) is 17.9. The zero-order chi connectivity index (χ0) is 15.5. The van der Waals surface area contributed by atoms with Crippen LogP contribution in [-0.4, -0.2) is 31.7 Å². The van der Waals surface area contributed by atoms with Crippen molar-refractivity contribution in [2.75, 3.05) is 25.0 Å². The van der Waals surface area contributed by atoms with Crippen molar-refractivity contribution in [3.63, 3.8) is 0 Å². The number of hydrogen-bond donors (Lipinski definition) is 2. The Kier molecular flexibility index (Phi) is 6.13. The van der Waals surface area contributed by atoms with Gasteiger partial charge in [0.15, 0.2) is 0 Å². The first-order valence-electron chi connectivity index (χ1n) is 8.12. The zero-order valence-corrected chi connectivity index (χ0v) is 14.5. The van der Waals surface area contributed by atoms with Gasteiger partial charge in [0.05, 0.1) is 12.3 Å². The van der Waals surface area contributed by atoms with Crippen LogP contribution < -0.4 is 20.1 Å². The van der Waals surface area contributed by atoms with Crippen molar-refractivity contribution in [3.05, 3.63) is 17.7 Å². The number of ether oxygens (including phenoxy) is 2. The predicted molar refractivity (Wildman–Crippen MR) is 92.9 cm³/mol. The molecule has 0 saturated carbocycles. The van der Waals surface area contributed by atoms with E-state index in [0.717, 1.165) is 43.0 Å². The maximum absolute atomic E-state index is 12.3. The fourth-order valence-electron chi connectivity index (χ4n) is 3.16. The third kappa shape index (κ3) is 4.30. The summed E-state index contributed by atoms with van der Waals surface area (Å²) in [4.78, 5) is 12.3. The van der Waals surface area contributed by atoms with Gasteiger partial charge in [0, 0.05) is 24.5 Å². The minimum atomic E-state index is 0. The average Bonchev–Trinajstić information content (AvgIpc) is 3.07. The van der Waals surface area contributed by atoms with E-state index >= 15 is 0 Å². The monoisotopic (exact) mass is 340 g/mol. The summed E-state index contributed by atoms with van der Waals surface area (Å²) in [5, 5.41) is 6.28. The molecule has 3 rings (SSSR count). The molecular formula is C17H25ClN2O3. The minimum Gasteiger partial charge on any atom is -0.492 e. The van der Waals surface area contributed by atoms with Gasteiger partial charge in [-0.25, -0.2) is 0 Å². The average molecular weight is 341 g/mol. The van der Waals surface area contributed by atoms with Gasteiger partial charge in [0.25, 0.3) is 0 Å². The summed E-state index contributed by atoms with van der Waals surface area (Å²) in [6.45, 7) is 6.50. The molecule has 0 bridgehead atoms. The molecule has 0 radical (unpaired) electrons. The molecule has 2 N–H and O–H groups in total. The largest absolute Gasteiger partial charge is 0.492 e. The van der Waals surface area contributed by atoms with Crippen LogP contribution in [0.1, 0.15) is 32.3 Å². The number of anilines is 1. The van der Waals surface area contributed by atoms with Gasteiger partial charge >= 0.3 is 0 Å². The van der Waals surface area contributed by atoms with Gasteiger partial charge < -0.3 is 20.1 Å². The lowest BCUT2D eigenvalue weighted by atomic mass is 10.0. The standard InChI is InChI=1S/C17H24N2O3.ClH/c1-3-21-16-8-13-6-11(2)22-15(13)9-14(16)19-17(20)7-12-4-5-18-10-12;/h8-9,11-12,18H,3-7,10H2,1-2H3,(H,19,20);1H. The van der Waals surface area contributed by atoms with E-state index in [1.807, 2.05) is 26.0 Å². The highest BCUT2D eigenvalue weighted by Gasteiger charge is 2.23. The SMILES string of the molecule is CCOc1cc2c(cc1NC(=O)CC1CCNC1)OC(C)C2.Cl. The fourth-order valence-corrected chi connectivity index (χ4v) is 3.16. The van der Waals surface area contributed by atoms with E-state index in [-0.39, 0.29) is 24.4 Å². The molecule has 0 spiro atoms. The lowest BCUT2D eigenvalue weighted by Gasteiger charge is -2.14. The smallest absolute Gasteiger partial charge is 0.224 e. The number of amides is 1. The third-order valence-corrected chi connectivity index (χ3v) is 4.21. The molecule has 1 fully saturated rings. The molecule has 128 valence electrons. The van der Waals surface area contributed by atoms with Crippen molar-refractivity contribution in [3.8, 4) is 11.5 Å². The fraction of sp³-hybridized carbons (Fsp3) is 0.588. The highest BCUT2D eigenvalue weighted by molar-refractivity contribution is 5.93. The van der Waals surface area contributed by atoms with Crippen LogP contribution >= 0.6 is 12.4 Å². The van der Waals surface area contributed by atoms with Crippen LogP contribution in [0.15, 0.2) is 12.1 Å². The summed E-state index contributed by atoms with van der Waals surface area (Å²) in [5.41, 5.74) is 1.86. The van der Waals surface area contributed by atoms with Crippen LogP contribution in [-0.2, 0) is 11.2 Å². The summed E-state index contributed by atoms with van der Waals surface area (Å²) in [6, 6.07) is 3.89. The maximum Gasteiger partial charge on any atom is 0.224 e. The summed E-state index contributed by atoms with van der Waals surface area (Å²) in [5.74, 6) is 2.06. The van der Waals surface area contributed by atoms with Gasteiger partial charge in [0.1, 0.15) is 17.6 Å². The molecular weight excluding hydrogens is 316 g/mol. The van der Waals surface area contributed by atoms with Crippen molar-refractivity contribution >= 4 is 24.0 Å². The first-order chi connectivity index (χ1) is 10.7. The minimum absolute atomic E-state index is 0. The molecule has 2 atom stereocenters. The van der Waals surface area contributed by atoms with Crippen LogP contribution in [0.3, 0.4) is 0 Å². The van der Waals surface area contributed by atoms with Crippen LogP contribution in [0, 0.1) is 5.92 Å². The molecule has 2 aliphatic rings. The summed E-state index contributed by atoms with van der Waals surface area (Å²) < 4.78 is 11.5. The Morgan fingerprint density at radius 3 is 3.00 bits per heavy atom. The third-order valence-electron chi connectivity index (χ3n) is 4.21. The molecule has 1 amide bonds. The highest BCUT2D eigenvalue weighted by Crippen LogP contribution is 2.38. The Morgan fingerprint density at radius 1 is 1.48 bits per heavy atom. The second-order valence-corrected chi connectivity index (χ2v) is 6.13. The summed E-state index contributed by atoms with van der Waals surface area (Å²) in [6.07, 6.45) is 2.68. The lowest BCUT2D eigenvalue weighted by Crippen LogP contribution is -2.18. The quantitative estimate of drug-likeness (QED) is 0.865. The summed E-state index contributed by atoms with van der Waals surface area (Å²) in [7, 11) is 0. The molecule has 2 heterocycles. The van der Waals surface area contributed by atoms with Crippen molar-refractivity contribution < 1.29 is 14.3 Å². The molecule has 0 aromatic heterocycles. The topological polar surface area (TPSA) is 59.6 Å². The van der Waals surface area contributed by atoms with E-state index in [4.69, 9.17) is 9.47 Å². The first-order valence-corrected chi connectivity index (χ1v) is 8.12. The number of halogens is 1. The van der Waals surface area contributed by atoms with Crippen LogP contribution in [0.25, 0.3) is 0 Å². The Labute approximate surface area is 143 Å². The Balaban J connectivity index is 0.00000192. The number of carbonyl (C=O) groups is 1. The van der Waals surface area contributed by atoms with E-state index in [0.29, 0.717) is 24.6 Å². The predicted octanol–water partition coefficient (Wildman–Crippen LogP) is 2.77. The Morgan fingerprint density at radius 2 is 2.30 bits per heavy atom. The Hall–Kier alpha value is -1.46. The van der Waals surface area contributed by atoms with E-state index in [1.54, 1.807) is 0 Å². The van der Waals surface area contributed by atoms with Crippen LogP contribution in [0.4, 0.5) is 5.69 Å². The molecule has 6 heteroatoms. The Bertz CT molecular complexity index is 559. The van der Waals surface area contributed by atoms with Crippen LogP contribution in [0.2, 0.25) is 0 Å². The second-order valence-electron chi connectivity index (χ2n) is 6.13. The van der Waals surface area contributed by atoms with Gasteiger partial charge in [-0.15, -0.1) is 12.4 Å². The van der Waals surface area contributed by atoms with Gasteiger partial charge in [-0.05, 0) is 45.3 Å². The van der Waals surface area contributed by atoms with Crippen molar-refractivity contribution in [2.24, 2.45) is 5.92 Å². The van der Waals surface area contributed by atoms with Gasteiger partial charge in [-0.2, -0.15) is 0 Å². The number of carbonyl (C=O) groups excluding carboxylic acids is 1. The molecule has 5 nitrogen and oxygen atoms in total. The van der Waals surface area contributed by atoms with Crippen molar-refractivity contribution in [1.82, 2.24) is 5.32 Å². The molecule has 1 saturated heterocycles. The van der Waals surface area contributed by atoms with Crippen molar-refractivity contribution in [2.45, 2.75) is 39.2 Å². The molecule has 23 heavy (non-hydrogen) atoms. The number of benzene rings is 1. The van der Waals surface area contributed by atoms with E-state index in [2.05, 4.69) is 10.6 Å². The summed E-state index contributed by atoms with van der Waals surface area (Å²) >= 11 is 0. The van der Waals surface area contributed by atoms with Crippen LogP contribution in [0.5, 0.6) is 11.5 Å². The number of hydrogen-bond acceptors (Lipinski definition) is 4. The van der Waals surface area contributed by atoms with Gasteiger partial charge in [-0.3, -0.25) is 4.79 Å². The molecule has 0 aliphatic carbocycles. The number of rotatable bonds is 5. The van der Waals surface area contributed by atoms with E-state index < -0.39 is 0 Å². The zero-order valence-electron chi connectivity index (χ0n) is 13.7.